The number of ether oxygens (including phenoxy) is 1. The fourth-order valence-corrected chi connectivity index (χ4v) is 1.87. The summed E-state index contributed by atoms with van der Waals surface area (Å²) in [6, 6.07) is 0. The summed E-state index contributed by atoms with van der Waals surface area (Å²) in [6.45, 7) is 2.57. The first-order valence-corrected chi connectivity index (χ1v) is 7.14. The molecule has 0 aliphatic rings. The Balaban J connectivity index is 5.28. The van der Waals surface area contributed by atoms with Gasteiger partial charge in [0.25, 0.3) is 5.91 Å². The zero-order valence-corrected chi connectivity index (χ0v) is 13.8. The predicted octanol–water partition coefficient (Wildman–Crippen LogP) is 0.903. The van der Waals surface area contributed by atoms with Crippen molar-refractivity contribution in [3.8, 4) is 0 Å². The molecule has 0 atom stereocenters. The third kappa shape index (κ3) is 9.13. The number of nitrogens with zero attached hydrogens (tertiary/aromatic N) is 1. The summed E-state index contributed by atoms with van der Waals surface area (Å²) in [5.41, 5.74) is 5.26. The Hall–Kier alpha value is -2.10. The van der Waals surface area contributed by atoms with Crippen LogP contribution in [0.2, 0.25) is 0 Å². The van der Waals surface area contributed by atoms with E-state index < -0.39 is 24.8 Å². The number of hydrogen-bond acceptors (Lipinski definition) is 4. The molecule has 3 amide bonds. The van der Waals surface area contributed by atoms with Crippen LogP contribution in [0.5, 0.6) is 0 Å². The number of rotatable bonds is 10. The van der Waals surface area contributed by atoms with E-state index in [1.807, 2.05) is 13.8 Å². The van der Waals surface area contributed by atoms with Crippen molar-refractivity contribution in [3.63, 3.8) is 0 Å². The lowest BCUT2D eigenvalue weighted by molar-refractivity contribution is -0.324. The van der Waals surface area contributed by atoms with Gasteiger partial charge >= 0.3 is 6.36 Å². The molecule has 7 nitrogen and oxygen atoms in total. The molecule has 0 radical (unpaired) electrons. The van der Waals surface area contributed by atoms with E-state index in [1.54, 1.807) is 0 Å². The largest absolute Gasteiger partial charge is 0.522 e. The van der Waals surface area contributed by atoms with E-state index in [4.69, 9.17) is 5.73 Å². The second kappa shape index (κ2) is 9.91. The standard InChI is InChI=1S/C14H22F3N3O4/c1-9(2)6-10(11(19-8-21)7-12(18)22)13(23)20(3)4-5-24-14(15,16)17/h8-9H,4-7H2,1-3H3,(H2,18,22)(H,19,21)/b11-10-. The number of alkyl halides is 3. The number of nitrogens with two attached hydrogens (primary N) is 1. The second-order valence-electron chi connectivity index (χ2n) is 5.48. The van der Waals surface area contributed by atoms with E-state index in [0.29, 0.717) is 6.41 Å². The van der Waals surface area contributed by atoms with Crippen molar-refractivity contribution in [1.82, 2.24) is 10.2 Å². The van der Waals surface area contributed by atoms with Crippen LogP contribution < -0.4 is 11.1 Å². The van der Waals surface area contributed by atoms with E-state index in [1.165, 1.54) is 7.05 Å². The minimum absolute atomic E-state index is 0.0000960. The molecule has 0 aliphatic carbocycles. The summed E-state index contributed by atoms with van der Waals surface area (Å²) in [4.78, 5) is 35.3. The van der Waals surface area contributed by atoms with Crippen LogP contribution in [0.15, 0.2) is 11.3 Å². The minimum atomic E-state index is -4.78. The maximum Gasteiger partial charge on any atom is 0.522 e. The van der Waals surface area contributed by atoms with Gasteiger partial charge in [0.05, 0.1) is 13.0 Å². The molecular formula is C14H22F3N3O4. The molecule has 0 unspecified atom stereocenters. The van der Waals surface area contributed by atoms with Gasteiger partial charge in [-0.1, -0.05) is 13.8 Å². The maximum atomic E-state index is 12.5. The molecule has 0 heterocycles. The van der Waals surface area contributed by atoms with Crippen LogP contribution in [0.25, 0.3) is 0 Å². The van der Waals surface area contributed by atoms with Gasteiger partial charge in [-0.25, -0.2) is 0 Å². The topological polar surface area (TPSA) is 102 Å². The van der Waals surface area contributed by atoms with Crippen molar-refractivity contribution in [2.75, 3.05) is 20.2 Å². The highest BCUT2D eigenvalue weighted by Gasteiger charge is 2.29. The highest BCUT2D eigenvalue weighted by atomic mass is 19.4. The predicted molar refractivity (Wildman–Crippen MR) is 79.1 cm³/mol. The van der Waals surface area contributed by atoms with E-state index in [9.17, 15) is 27.6 Å². The Morgan fingerprint density at radius 3 is 2.33 bits per heavy atom. The average Bonchev–Trinajstić information content (AvgIpc) is 2.41. The van der Waals surface area contributed by atoms with Gasteiger partial charge in [-0.2, -0.15) is 0 Å². The van der Waals surface area contributed by atoms with Crippen molar-refractivity contribution >= 4 is 18.2 Å². The molecule has 24 heavy (non-hydrogen) atoms. The summed E-state index contributed by atoms with van der Waals surface area (Å²) in [7, 11) is 1.30. The fraction of sp³-hybridized carbons (Fsp3) is 0.643. The van der Waals surface area contributed by atoms with Crippen LogP contribution in [0.1, 0.15) is 26.7 Å². The van der Waals surface area contributed by atoms with Gasteiger partial charge in [-0.3, -0.25) is 19.1 Å². The lowest BCUT2D eigenvalue weighted by Gasteiger charge is -2.22. The van der Waals surface area contributed by atoms with Crippen molar-refractivity contribution in [1.29, 1.82) is 0 Å². The monoisotopic (exact) mass is 353 g/mol. The van der Waals surface area contributed by atoms with Gasteiger partial charge in [-0.05, 0) is 12.3 Å². The summed E-state index contributed by atoms with van der Waals surface area (Å²) in [6.07, 6.45) is -4.62. The molecule has 0 bridgehead atoms. The third-order valence-electron chi connectivity index (χ3n) is 2.86. The zero-order valence-electron chi connectivity index (χ0n) is 13.8. The molecule has 0 fully saturated rings. The van der Waals surface area contributed by atoms with Crippen LogP contribution in [0, 0.1) is 5.92 Å². The third-order valence-corrected chi connectivity index (χ3v) is 2.86. The molecule has 0 aromatic rings. The van der Waals surface area contributed by atoms with Crippen LogP contribution in [0.3, 0.4) is 0 Å². The van der Waals surface area contributed by atoms with Crippen molar-refractivity contribution in [2.45, 2.75) is 33.1 Å². The summed E-state index contributed by atoms with van der Waals surface area (Å²) < 4.78 is 39.6. The Labute approximate surface area is 138 Å². The smallest absolute Gasteiger partial charge is 0.369 e. The quantitative estimate of drug-likeness (QED) is 0.450. The maximum absolute atomic E-state index is 12.5. The zero-order chi connectivity index (χ0) is 18.9. The van der Waals surface area contributed by atoms with Crippen LogP contribution in [-0.2, 0) is 19.1 Å². The Bertz CT molecular complexity index is 490. The van der Waals surface area contributed by atoms with Gasteiger partial charge < -0.3 is 16.0 Å². The number of carbonyl (C=O) groups is 3. The lowest BCUT2D eigenvalue weighted by atomic mass is 9.98. The Kier molecular flexibility index (Phi) is 9.04. The number of amides is 3. The number of halogens is 3. The van der Waals surface area contributed by atoms with Crippen molar-refractivity contribution in [3.05, 3.63) is 11.3 Å². The summed E-state index contributed by atoms with van der Waals surface area (Å²) in [5, 5.41) is 2.28. The van der Waals surface area contributed by atoms with Crippen LogP contribution in [-0.4, -0.2) is 49.7 Å². The number of carbonyl (C=O) groups excluding carboxylic acids is 3. The van der Waals surface area contributed by atoms with Gasteiger partial charge in [-0.15, -0.1) is 13.2 Å². The second-order valence-corrected chi connectivity index (χ2v) is 5.48. The first-order chi connectivity index (χ1) is 11.0. The fourth-order valence-electron chi connectivity index (χ4n) is 1.87. The van der Waals surface area contributed by atoms with Gasteiger partial charge in [0, 0.05) is 24.9 Å². The van der Waals surface area contributed by atoms with Gasteiger partial charge in [0.15, 0.2) is 0 Å². The average molecular weight is 353 g/mol. The number of likely N-dealkylation sites (N-methyl/N-ethyl adjacent to an activating group) is 1. The van der Waals surface area contributed by atoms with E-state index in [-0.39, 0.29) is 36.6 Å². The van der Waals surface area contributed by atoms with E-state index in [0.717, 1.165) is 4.90 Å². The molecule has 138 valence electrons. The van der Waals surface area contributed by atoms with E-state index >= 15 is 0 Å². The molecule has 0 aromatic carbocycles. The van der Waals surface area contributed by atoms with Crippen molar-refractivity contribution < 1.29 is 32.3 Å². The van der Waals surface area contributed by atoms with Crippen molar-refractivity contribution in [2.24, 2.45) is 11.7 Å². The van der Waals surface area contributed by atoms with E-state index in [2.05, 4.69) is 10.1 Å². The van der Waals surface area contributed by atoms with Crippen LogP contribution >= 0.6 is 0 Å². The first-order valence-electron chi connectivity index (χ1n) is 7.14. The van der Waals surface area contributed by atoms with Gasteiger partial charge in [0.2, 0.25) is 12.3 Å². The minimum Gasteiger partial charge on any atom is -0.369 e. The first kappa shape index (κ1) is 21.9. The number of nitrogens with one attached hydrogen (secondary N) is 1. The molecule has 0 rings (SSSR count). The summed E-state index contributed by atoms with van der Waals surface area (Å²) >= 11 is 0. The molecule has 3 N–H and O–H groups in total. The number of hydrogen-bond donors (Lipinski definition) is 2. The Morgan fingerprint density at radius 2 is 1.92 bits per heavy atom. The highest BCUT2D eigenvalue weighted by Crippen LogP contribution is 2.19. The SMILES string of the molecule is CC(C)C/C(C(=O)N(C)CCOC(F)(F)F)=C(\CC(N)=O)NC=O. The number of primary amides is 1. The molecule has 0 spiro atoms. The Morgan fingerprint density at radius 1 is 1.33 bits per heavy atom. The lowest BCUT2D eigenvalue weighted by Crippen LogP contribution is -2.35. The molecule has 0 aromatic heterocycles. The normalized spacial score (nSPS) is 12.6. The van der Waals surface area contributed by atoms with Crippen LogP contribution in [0.4, 0.5) is 13.2 Å². The molecule has 0 saturated heterocycles. The summed E-state index contributed by atoms with van der Waals surface area (Å²) in [5.74, 6) is -1.36. The van der Waals surface area contributed by atoms with Gasteiger partial charge in [0.1, 0.15) is 0 Å². The molecule has 0 saturated carbocycles. The molecular weight excluding hydrogens is 331 g/mol. The molecule has 0 aliphatic heterocycles. The molecule has 10 heteroatoms. The highest BCUT2D eigenvalue weighted by molar-refractivity contribution is 5.95.